The number of urea groups is 1. The molecule has 0 atom stereocenters. The van der Waals surface area contributed by atoms with Gasteiger partial charge < -0.3 is 16.0 Å². The fourth-order valence-electron chi connectivity index (χ4n) is 1.30. The summed E-state index contributed by atoms with van der Waals surface area (Å²) in [4.78, 5) is 24.0. The van der Waals surface area contributed by atoms with Gasteiger partial charge in [0, 0.05) is 20.3 Å². The highest BCUT2D eigenvalue weighted by Crippen LogP contribution is 2.19. The van der Waals surface area contributed by atoms with Gasteiger partial charge in [0.05, 0.1) is 13.1 Å². The van der Waals surface area contributed by atoms with E-state index in [1.54, 1.807) is 11.3 Å². The minimum atomic E-state index is -0.353. The maximum absolute atomic E-state index is 11.5. The van der Waals surface area contributed by atoms with Crippen molar-refractivity contribution in [2.45, 2.75) is 32.9 Å². The predicted octanol–water partition coefficient (Wildman–Crippen LogP) is 2.22. The van der Waals surface area contributed by atoms with Crippen LogP contribution in [0.2, 0.25) is 0 Å². The molecule has 1 aromatic rings. The second-order valence-corrected chi connectivity index (χ2v) is 6.98. The van der Waals surface area contributed by atoms with E-state index in [1.807, 2.05) is 32.2 Å². The molecule has 0 aromatic carbocycles. The molecule has 0 saturated carbocycles. The van der Waals surface area contributed by atoms with Gasteiger partial charge in [0.25, 0.3) is 0 Å². The van der Waals surface area contributed by atoms with Gasteiger partial charge in [0.1, 0.15) is 0 Å². The smallest absolute Gasteiger partial charge is 0.315 e. The average molecular weight is 348 g/mol. The molecule has 0 aliphatic heterocycles. The molecular weight excluding hydrogens is 330 g/mol. The highest BCUT2D eigenvalue weighted by molar-refractivity contribution is 9.10. The highest BCUT2D eigenvalue weighted by atomic mass is 79.9. The Labute approximate surface area is 125 Å². The van der Waals surface area contributed by atoms with Crippen molar-refractivity contribution in [1.82, 2.24) is 16.0 Å². The molecule has 19 heavy (non-hydrogen) atoms. The number of nitrogens with one attached hydrogen (secondary N) is 3. The Morgan fingerprint density at radius 3 is 2.53 bits per heavy atom. The quantitative estimate of drug-likeness (QED) is 0.781. The largest absolute Gasteiger partial charge is 0.350 e. The summed E-state index contributed by atoms with van der Waals surface area (Å²) in [5, 5.41) is 9.92. The van der Waals surface area contributed by atoms with E-state index >= 15 is 0 Å². The van der Waals surface area contributed by atoms with E-state index in [1.165, 1.54) is 0 Å². The van der Waals surface area contributed by atoms with E-state index in [4.69, 9.17) is 0 Å². The van der Waals surface area contributed by atoms with Gasteiger partial charge in [0.2, 0.25) is 5.91 Å². The summed E-state index contributed by atoms with van der Waals surface area (Å²) in [6.45, 7) is 6.08. The Morgan fingerprint density at radius 2 is 2.00 bits per heavy atom. The Balaban J connectivity index is 2.23. The molecule has 7 heteroatoms. The molecule has 0 fully saturated rings. The number of hydrogen-bond donors (Lipinski definition) is 3. The van der Waals surface area contributed by atoms with Crippen LogP contribution < -0.4 is 16.0 Å². The van der Waals surface area contributed by atoms with Crippen LogP contribution in [-0.2, 0) is 11.3 Å². The number of amides is 3. The molecule has 5 nitrogen and oxygen atoms in total. The number of carbonyl (C=O) groups excluding carboxylic acids is 2. The van der Waals surface area contributed by atoms with Crippen molar-refractivity contribution in [3.05, 3.63) is 20.8 Å². The van der Waals surface area contributed by atoms with Crippen LogP contribution in [0.3, 0.4) is 0 Å². The van der Waals surface area contributed by atoms with Gasteiger partial charge in [0.15, 0.2) is 0 Å². The fraction of sp³-hybridized carbons (Fsp3) is 0.500. The first kappa shape index (κ1) is 16.0. The van der Waals surface area contributed by atoms with Crippen molar-refractivity contribution in [3.63, 3.8) is 0 Å². The van der Waals surface area contributed by atoms with Crippen molar-refractivity contribution in [1.29, 1.82) is 0 Å². The molecule has 3 amide bonds. The van der Waals surface area contributed by atoms with Gasteiger partial charge in [-0.05, 0) is 42.8 Å². The normalized spacial score (nSPS) is 10.9. The van der Waals surface area contributed by atoms with Crippen molar-refractivity contribution < 1.29 is 9.59 Å². The van der Waals surface area contributed by atoms with E-state index in [9.17, 15) is 9.59 Å². The summed E-state index contributed by atoms with van der Waals surface area (Å²) in [6.07, 6.45) is 0. The monoisotopic (exact) mass is 347 g/mol. The summed E-state index contributed by atoms with van der Waals surface area (Å²) in [7, 11) is 0. The lowest BCUT2D eigenvalue weighted by Crippen LogP contribution is -2.47. The summed E-state index contributed by atoms with van der Waals surface area (Å²) >= 11 is 4.90. The van der Waals surface area contributed by atoms with Gasteiger partial charge >= 0.3 is 6.03 Å². The Hall–Kier alpha value is -1.08. The number of rotatable bonds is 4. The minimum Gasteiger partial charge on any atom is -0.350 e. The third-order valence-corrected chi connectivity index (χ3v) is 3.67. The van der Waals surface area contributed by atoms with E-state index in [0.29, 0.717) is 6.54 Å². The lowest BCUT2D eigenvalue weighted by Gasteiger charge is -2.20. The molecule has 1 aromatic heterocycles. The second kappa shape index (κ2) is 6.91. The van der Waals surface area contributed by atoms with Gasteiger partial charge in [-0.2, -0.15) is 0 Å². The van der Waals surface area contributed by atoms with Crippen LogP contribution in [0.15, 0.2) is 15.9 Å². The summed E-state index contributed by atoms with van der Waals surface area (Å²) in [6, 6.07) is 1.59. The first-order chi connectivity index (χ1) is 8.76. The first-order valence-corrected chi connectivity index (χ1v) is 7.49. The number of halogens is 1. The third-order valence-electron chi connectivity index (χ3n) is 1.97. The first-order valence-electron chi connectivity index (χ1n) is 5.82. The van der Waals surface area contributed by atoms with Crippen molar-refractivity contribution in [2.75, 3.05) is 6.54 Å². The van der Waals surface area contributed by atoms with Crippen LogP contribution in [0.25, 0.3) is 0 Å². The molecule has 0 radical (unpaired) electrons. The standard InChI is InChI=1S/C12H18BrN3O2S/c1-12(2,3)16-10(17)6-15-11(18)14-5-9-4-8(13)7-19-9/h4,7H,5-6H2,1-3H3,(H,16,17)(H2,14,15,18). The maximum Gasteiger partial charge on any atom is 0.315 e. The third kappa shape index (κ3) is 7.17. The Morgan fingerprint density at radius 1 is 1.32 bits per heavy atom. The predicted molar refractivity (Wildman–Crippen MR) is 80.2 cm³/mol. The lowest BCUT2D eigenvalue weighted by molar-refractivity contribution is -0.121. The SMILES string of the molecule is CC(C)(C)NC(=O)CNC(=O)NCc1cc(Br)cs1. The highest BCUT2D eigenvalue weighted by Gasteiger charge is 2.14. The summed E-state index contributed by atoms with van der Waals surface area (Å²) in [5.41, 5.74) is -0.293. The van der Waals surface area contributed by atoms with Gasteiger partial charge in [-0.25, -0.2) is 4.79 Å². The summed E-state index contributed by atoms with van der Waals surface area (Å²) < 4.78 is 0.999. The fourth-order valence-corrected chi connectivity index (χ4v) is 2.69. The molecule has 0 bridgehead atoms. The number of thiophene rings is 1. The molecule has 106 valence electrons. The maximum atomic E-state index is 11.5. The molecule has 0 aliphatic carbocycles. The van der Waals surface area contributed by atoms with Crippen LogP contribution in [0.4, 0.5) is 4.79 Å². The van der Waals surface area contributed by atoms with Gasteiger partial charge in [-0.1, -0.05) is 0 Å². The topological polar surface area (TPSA) is 70.2 Å². The second-order valence-electron chi connectivity index (χ2n) is 5.07. The minimum absolute atomic E-state index is 0.0305. The summed E-state index contributed by atoms with van der Waals surface area (Å²) in [5.74, 6) is -0.207. The molecule has 0 saturated heterocycles. The van der Waals surface area contributed by atoms with Gasteiger partial charge in [-0.3, -0.25) is 4.79 Å². The Kier molecular flexibility index (Phi) is 5.81. The van der Waals surface area contributed by atoms with E-state index in [0.717, 1.165) is 9.35 Å². The molecule has 0 spiro atoms. The van der Waals surface area contributed by atoms with Crippen molar-refractivity contribution in [3.8, 4) is 0 Å². The zero-order chi connectivity index (χ0) is 14.5. The van der Waals surface area contributed by atoms with Crippen LogP contribution in [0, 0.1) is 0 Å². The van der Waals surface area contributed by atoms with E-state index < -0.39 is 0 Å². The molecular formula is C12H18BrN3O2S. The van der Waals surface area contributed by atoms with Gasteiger partial charge in [-0.15, -0.1) is 11.3 Å². The molecule has 1 rings (SSSR count). The van der Waals surface area contributed by atoms with Crippen molar-refractivity contribution in [2.24, 2.45) is 0 Å². The average Bonchev–Trinajstić information content (AvgIpc) is 2.67. The van der Waals surface area contributed by atoms with Crippen LogP contribution in [0.5, 0.6) is 0 Å². The molecule has 0 unspecified atom stereocenters. The van der Waals surface area contributed by atoms with Crippen LogP contribution in [-0.4, -0.2) is 24.0 Å². The Bertz CT molecular complexity index is 454. The zero-order valence-corrected chi connectivity index (χ0v) is 13.6. The van der Waals surface area contributed by atoms with E-state index in [2.05, 4.69) is 31.9 Å². The zero-order valence-electron chi connectivity index (χ0n) is 11.2. The van der Waals surface area contributed by atoms with E-state index in [-0.39, 0.29) is 24.0 Å². The van der Waals surface area contributed by atoms with Crippen LogP contribution >= 0.6 is 27.3 Å². The molecule has 0 aliphatic rings. The number of hydrogen-bond acceptors (Lipinski definition) is 3. The van der Waals surface area contributed by atoms with Crippen LogP contribution in [0.1, 0.15) is 25.6 Å². The number of carbonyl (C=O) groups is 2. The molecule has 1 heterocycles. The molecule has 3 N–H and O–H groups in total. The van der Waals surface area contributed by atoms with Crippen molar-refractivity contribution >= 4 is 39.2 Å². The lowest BCUT2D eigenvalue weighted by atomic mass is 10.1.